The highest BCUT2D eigenvalue weighted by atomic mass is 35.5. The van der Waals surface area contributed by atoms with Gasteiger partial charge in [0, 0.05) is 18.1 Å². The molecule has 1 fully saturated rings. The number of hydrogen-bond acceptors (Lipinski definition) is 5. The second-order valence-corrected chi connectivity index (χ2v) is 7.19. The van der Waals surface area contributed by atoms with Crippen LogP contribution in [-0.4, -0.2) is 56.6 Å². The number of benzene rings is 1. The van der Waals surface area contributed by atoms with Gasteiger partial charge in [0.05, 0.1) is 23.6 Å². The van der Waals surface area contributed by atoms with Crippen molar-refractivity contribution in [3.63, 3.8) is 0 Å². The van der Waals surface area contributed by atoms with Crippen molar-refractivity contribution in [1.29, 1.82) is 0 Å². The number of rotatable bonds is 4. The number of ether oxygens (including phenoxy) is 1. The average molecular weight is 367 g/mol. The smallest absolute Gasteiger partial charge is 0.233 e. The number of nitrogens with zero attached hydrogens (tertiary/aromatic N) is 4. The minimum absolute atomic E-state index is 0.0674. The molecular formula is C16H19ClN4O2S. The molecule has 0 spiro atoms. The van der Waals surface area contributed by atoms with Crippen LogP contribution in [0.1, 0.15) is 13.8 Å². The van der Waals surface area contributed by atoms with Crippen molar-refractivity contribution < 1.29 is 9.53 Å². The number of morpholine rings is 1. The van der Waals surface area contributed by atoms with Gasteiger partial charge in [-0.05, 0) is 32.0 Å². The predicted octanol–water partition coefficient (Wildman–Crippen LogP) is 2.65. The Labute approximate surface area is 150 Å². The summed E-state index contributed by atoms with van der Waals surface area (Å²) in [6, 6.07) is 7.44. The summed E-state index contributed by atoms with van der Waals surface area (Å²) in [6.45, 7) is 5.23. The van der Waals surface area contributed by atoms with Gasteiger partial charge in [0.1, 0.15) is 6.33 Å². The third-order valence-corrected chi connectivity index (χ3v) is 4.86. The zero-order valence-corrected chi connectivity index (χ0v) is 15.1. The Balaban J connectivity index is 1.65. The lowest BCUT2D eigenvalue weighted by molar-refractivity contribution is -0.140. The van der Waals surface area contributed by atoms with Crippen LogP contribution in [0.25, 0.3) is 5.69 Å². The molecule has 0 radical (unpaired) electrons. The summed E-state index contributed by atoms with van der Waals surface area (Å²) in [7, 11) is 0. The van der Waals surface area contributed by atoms with Crippen molar-refractivity contribution in [2.75, 3.05) is 18.8 Å². The molecule has 0 N–H and O–H groups in total. The van der Waals surface area contributed by atoms with E-state index in [2.05, 4.69) is 10.2 Å². The van der Waals surface area contributed by atoms with Gasteiger partial charge in [-0.3, -0.25) is 9.36 Å². The van der Waals surface area contributed by atoms with Crippen LogP contribution < -0.4 is 0 Å². The van der Waals surface area contributed by atoms with Crippen LogP contribution in [0.15, 0.2) is 35.7 Å². The van der Waals surface area contributed by atoms with E-state index in [0.717, 1.165) is 5.69 Å². The first kappa shape index (κ1) is 17.3. The molecule has 1 aliphatic heterocycles. The lowest BCUT2D eigenvalue weighted by Crippen LogP contribution is -2.48. The average Bonchev–Trinajstić information content (AvgIpc) is 3.00. The number of halogens is 1. The number of carbonyl (C=O) groups excluding carboxylic acids is 1. The van der Waals surface area contributed by atoms with Gasteiger partial charge >= 0.3 is 0 Å². The molecule has 2 atom stereocenters. The van der Waals surface area contributed by atoms with Crippen LogP contribution in [0.4, 0.5) is 0 Å². The molecule has 2 heterocycles. The summed E-state index contributed by atoms with van der Waals surface area (Å²) in [5.74, 6) is 0.404. The highest BCUT2D eigenvalue weighted by Gasteiger charge is 2.26. The lowest BCUT2D eigenvalue weighted by Gasteiger charge is -2.35. The molecule has 1 aromatic carbocycles. The van der Waals surface area contributed by atoms with E-state index in [0.29, 0.717) is 29.0 Å². The highest BCUT2D eigenvalue weighted by molar-refractivity contribution is 7.99. The molecule has 0 aliphatic carbocycles. The second-order valence-electron chi connectivity index (χ2n) is 5.81. The van der Waals surface area contributed by atoms with E-state index in [1.165, 1.54) is 11.8 Å². The van der Waals surface area contributed by atoms with Crippen molar-refractivity contribution in [2.24, 2.45) is 0 Å². The van der Waals surface area contributed by atoms with Crippen LogP contribution in [0.2, 0.25) is 5.02 Å². The summed E-state index contributed by atoms with van der Waals surface area (Å²) in [4.78, 5) is 14.3. The summed E-state index contributed by atoms with van der Waals surface area (Å²) < 4.78 is 7.49. The Kier molecular flexibility index (Phi) is 5.43. The fraction of sp³-hybridized carbons (Fsp3) is 0.438. The fourth-order valence-corrected chi connectivity index (χ4v) is 3.74. The number of amides is 1. The quantitative estimate of drug-likeness (QED) is 0.778. The number of hydrogen-bond donors (Lipinski definition) is 0. The number of aromatic nitrogens is 3. The monoisotopic (exact) mass is 366 g/mol. The molecule has 1 saturated heterocycles. The third kappa shape index (κ3) is 4.09. The largest absolute Gasteiger partial charge is 0.372 e. The van der Waals surface area contributed by atoms with Crippen molar-refractivity contribution in [2.45, 2.75) is 31.2 Å². The van der Waals surface area contributed by atoms with Gasteiger partial charge in [0.25, 0.3) is 0 Å². The molecule has 8 heteroatoms. The topological polar surface area (TPSA) is 60.2 Å². The molecule has 1 aromatic heterocycles. The van der Waals surface area contributed by atoms with Gasteiger partial charge in [-0.25, -0.2) is 0 Å². The SMILES string of the molecule is C[C@H]1CN(C(=O)CSc2nncn2-c2cccc(Cl)c2)C[C@H](C)O1. The van der Waals surface area contributed by atoms with E-state index < -0.39 is 0 Å². The van der Waals surface area contributed by atoms with E-state index >= 15 is 0 Å². The minimum Gasteiger partial charge on any atom is -0.372 e. The molecule has 0 unspecified atom stereocenters. The maximum absolute atomic E-state index is 12.5. The van der Waals surface area contributed by atoms with Gasteiger partial charge in [0.15, 0.2) is 5.16 Å². The fourth-order valence-electron chi connectivity index (χ4n) is 2.73. The van der Waals surface area contributed by atoms with Crippen molar-refractivity contribution in [1.82, 2.24) is 19.7 Å². The van der Waals surface area contributed by atoms with E-state index in [9.17, 15) is 4.79 Å². The first-order valence-corrected chi connectivity index (χ1v) is 9.11. The van der Waals surface area contributed by atoms with Crippen molar-refractivity contribution >= 4 is 29.3 Å². The third-order valence-electron chi connectivity index (χ3n) is 3.70. The summed E-state index contributed by atoms with van der Waals surface area (Å²) in [5, 5.41) is 9.36. The summed E-state index contributed by atoms with van der Waals surface area (Å²) in [5.41, 5.74) is 0.871. The Hall–Kier alpha value is -1.57. The van der Waals surface area contributed by atoms with Crippen LogP contribution >= 0.6 is 23.4 Å². The van der Waals surface area contributed by atoms with Gasteiger partial charge in [-0.2, -0.15) is 0 Å². The van der Waals surface area contributed by atoms with Crippen LogP contribution in [0.3, 0.4) is 0 Å². The molecule has 6 nitrogen and oxygen atoms in total. The maximum Gasteiger partial charge on any atom is 0.233 e. The van der Waals surface area contributed by atoms with Gasteiger partial charge < -0.3 is 9.64 Å². The Morgan fingerprint density at radius 2 is 2.12 bits per heavy atom. The normalized spacial score (nSPS) is 21.0. The molecule has 1 amide bonds. The van der Waals surface area contributed by atoms with E-state index in [-0.39, 0.29) is 18.1 Å². The molecule has 3 rings (SSSR count). The van der Waals surface area contributed by atoms with Crippen LogP contribution in [0.5, 0.6) is 0 Å². The first-order valence-electron chi connectivity index (χ1n) is 7.75. The molecular weight excluding hydrogens is 348 g/mol. The van der Waals surface area contributed by atoms with Crippen LogP contribution in [-0.2, 0) is 9.53 Å². The molecule has 0 bridgehead atoms. The Morgan fingerprint density at radius 3 is 2.83 bits per heavy atom. The van der Waals surface area contributed by atoms with Gasteiger partial charge in [-0.1, -0.05) is 29.4 Å². The molecule has 128 valence electrons. The highest BCUT2D eigenvalue weighted by Crippen LogP contribution is 2.22. The molecule has 24 heavy (non-hydrogen) atoms. The predicted molar refractivity (Wildman–Crippen MR) is 93.7 cm³/mol. The lowest BCUT2D eigenvalue weighted by atomic mass is 10.2. The van der Waals surface area contributed by atoms with E-state index in [1.54, 1.807) is 6.33 Å². The number of thioether (sulfide) groups is 1. The summed E-state index contributed by atoms with van der Waals surface area (Å²) in [6.07, 6.45) is 1.76. The standard InChI is InChI=1S/C16H19ClN4O2S/c1-11-7-20(8-12(2)23-11)15(22)9-24-16-19-18-10-21(16)14-5-3-4-13(17)6-14/h3-6,10-12H,7-9H2,1-2H3/t11-,12-/m0/s1. The van der Waals surface area contributed by atoms with Gasteiger partial charge in [0.2, 0.25) is 5.91 Å². The molecule has 1 aliphatic rings. The Morgan fingerprint density at radius 1 is 1.38 bits per heavy atom. The van der Waals surface area contributed by atoms with Crippen molar-refractivity contribution in [3.8, 4) is 5.69 Å². The zero-order chi connectivity index (χ0) is 17.1. The minimum atomic E-state index is 0.0674. The first-order chi connectivity index (χ1) is 11.5. The number of carbonyl (C=O) groups is 1. The summed E-state index contributed by atoms with van der Waals surface area (Å²) >= 11 is 7.41. The van der Waals surface area contributed by atoms with Gasteiger partial charge in [-0.15, -0.1) is 10.2 Å². The maximum atomic E-state index is 12.5. The molecule has 2 aromatic rings. The zero-order valence-electron chi connectivity index (χ0n) is 13.6. The second kappa shape index (κ2) is 7.55. The molecule has 0 saturated carbocycles. The van der Waals surface area contributed by atoms with E-state index in [4.69, 9.17) is 16.3 Å². The van der Waals surface area contributed by atoms with Crippen molar-refractivity contribution in [3.05, 3.63) is 35.6 Å². The Bertz CT molecular complexity index is 714. The van der Waals surface area contributed by atoms with Crippen LogP contribution in [0, 0.1) is 0 Å². The van der Waals surface area contributed by atoms with E-state index in [1.807, 2.05) is 47.6 Å².